The molecule has 4 aromatic carbocycles. The molecule has 4 rings (SSSR count). The highest BCUT2D eigenvalue weighted by molar-refractivity contribution is 9.11. The molecule has 188 valence electrons. The predicted octanol–water partition coefficient (Wildman–Crippen LogP) is 7.14. The molecule has 0 bridgehead atoms. The molecule has 6 nitrogen and oxygen atoms in total. The van der Waals surface area contributed by atoms with Crippen molar-refractivity contribution in [3.8, 4) is 17.2 Å². The number of halogens is 2. The molecule has 0 unspecified atom stereocenters. The lowest BCUT2D eigenvalue weighted by molar-refractivity contribution is 0.0954. The van der Waals surface area contributed by atoms with Crippen LogP contribution >= 0.6 is 31.9 Å². The standard InChI is InChI=1S/C29H24Br2N2O4/c1-35-27-15-22(12-13-26(27)36-18-20-8-4-2-5-9-20)29(34)33-32-17-23-14-24(30)16-25(31)28(23)37-19-21-10-6-3-7-11-21/h2-17H,18-19H2,1H3,(H,33,34)/b32-17+. The van der Waals surface area contributed by atoms with Crippen LogP contribution in [0.3, 0.4) is 0 Å². The number of nitrogens with zero attached hydrogens (tertiary/aromatic N) is 1. The Hall–Kier alpha value is -3.62. The summed E-state index contributed by atoms with van der Waals surface area (Å²) < 4.78 is 19.0. The smallest absolute Gasteiger partial charge is 0.271 e. The number of hydrogen-bond acceptors (Lipinski definition) is 5. The number of carbonyl (C=O) groups is 1. The molecule has 37 heavy (non-hydrogen) atoms. The highest BCUT2D eigenvalue weighted by Gasteiger charge is 2.13. The van der Waals surface area contributed by atoms with E-state index in [4.69, 9.17) is 14.2 Å². The molecule has 0 saturated heterocycles. The minimum absolute atomic E-state index is 0.384. The van der Waals surface area contributed by atoms with Crippen LogP contribution in [0.1, 0.15) is 27.0 Å². The summed E-state index contributed by atoms with van der Waals surface area (Å²) in [7, 11) is 1.53. The van der Waals surface area contributed by atoms with Crippen LogP contribution in [0.15, 0.2) is 105 Å². The molecule has 1 amide bonds. The number of rotatable bonds is 10. The topological polar surface area (TPSA) is 69.2 Å². The summed E-state index contributed by atoms with van der Waals surface area (Å²) >= 11 is 7.04. The van der Waals surface area contributed by atoms with Crippen LogP contribution in [0, 0.1) is 0 Å². The van der Waals surface area contributed by atoms with Crippen molar-refractivity contribution in [3.05, 3.63) is 122 Å². The number of hydrazone groups is 1. The van der Waals surface area contributed by atoms with Crippen LogP contribution in [0.2, 0.25) is 0 Å². The van der Waals surface area contributed by atoms with Crippen LogP contribution in [0.5, 0.6) is 17.2 Å². The van der Waals surface area contributed by atoms with Crippen LogP contribution in [0.25, 0.3) is 0 Å². The molecule has 0 aliphatic heterocycles. The number of nitrogens with one attached hydrogen (secondary N) is 1. The summed E-state index contributed by atoms with van der Waals surface area (Å²) in [6, 6.07) is 28.4. The molecule has 0 aromatic heterocycles. The molecular formula is C29H24Br2N2O4. The van der Waals surface area contributed by atoms with E-state index in [2.05, 4.69) is 42.4 Å². The molecular weight excluding hydrogens is 600 g/mol. The zero-order valence-corrected chi connectivity index (χ0v) is 23.2. The largest absolute Gasteiger partial charge is 0.493 e. The number of hydrogen-bond donors (Lipinski definition) is 1. The Labute approximate surface area is 232 Å². The second kappa shape index (κ2) is 13.1. The molecule has 0 spiro atoms. The van der Waals surface area contributed by atoms with Crippen molar-refractivity contribution in [3.63, 3.8) is 0 Å². The maximum atomic E-state index is 12.8. The summed E-state index contributed by atoms with van der Waals surface area (Å²) in [5.74, 6) is 1.24. The molecule has 0 saturated carbocycles. The van der Waals surface area contributed by atoms with Gasteiger partial charge in [0.25, 0.3) is 5.91 Å². The van der Waals surface area contributed by atoms with Crippen molar-refractivity contribution in [2.45, 2.75) is 13.2 Å². The number of ether oxygens (including phenoxy) is 3. The summed E-state index contributed by atoms with van der Waals surface area (Å²) in [6.07, 6.45) is 1.54. The zero-order valence-electron chi connectivity index (χ0n) is 20.0. The van der Waals surface area contributed by atoms with Crippen molar-refractivity contribution in [2.24, 2.45) is 5.10 Å². The van der Waals surface area contributed by atoms with Crippen LogP contribution < -0.4 is 19.6 Å². The lowest BCUT2D eigenvalue weighted by Gasteiger charge is -2.12. The summed E-state index contributed by atoms with van der Waals surface area (Å²) in [6.45, 7) is 0.788. The Morgan fingerprint density at radius 1 is 0.838 bits per heavy atom. The van der Waals surface area contributed by atoms with Crippen molar-refractivity contribution < 1.29 is 19.0 Å². The first-order valence-corrected chi connectivity index (χ1v) is 13.0. The van der Waals surface area contributed by atoms with Gasteiger partial charge in [-0.15, -0.1) is 0 Å². The number of amides is 1. The maximum Gasteiger partial charge on any atom is 0.271 e. The number of benzene rings is 4. The monoisotopic (exact) mass is 622 g/mol. The molecule has 1 N–H and O–H groups in total. The molecule has 0 radical (unpaired) electrons. The third kappa shape index (κ3) is 7.44. The highest BCUT2D eigenvalue weighted by Crippen LogP contribution is 2.33. The normalized spacial score (nSPS) is 10.8. The molecule has 0 heterocycles. The fourth-order valence-corrected chi connectivity index (χ4v) is 4.82. The zero-order chi connectivity index (χ0) is 26.0. The Bertz CT molecular complexity index is 1380. The molecule has 0 fully saturated rings. The van der Waals surface area contributed by atoms with Gasteiger partial charge in [0.1, 0.15) is 19.0 Å². The van der Waals surface area contributed by atoms with Gasteiger partial charge in [-0.25, -0.2) is 5.43 Å². The highest BCUT2D eigenvalue weighted by atomic mass is 79.9. The van der Waals surface area contributed by atoms with Gasteiger partial charge in [0.2, 0.25) is 0 Å². The van der Waals surface area contributed by atoms with E-state index in [0.29, 0.717) is 41.6 Å². The predicted molar refractivity (Wildman–Crippen MR) is 151 cm³/mol. The molecule has 4 aromatic rings. The van der Waals surface area contributed by atoms with E-state index < -0.39 is 0 Å². The Morgan fingerprint density at radius 2 is 1.49 bits per heavy atom. The van der Waals surface area contributed by atoms with Crippen LogP contribution in [-0.4, -0.2) is 19.2 Å². The van der Waals surface area contributed by atoms with Gasteiger partial charge in [-0.2, -0.15) is 5.10 Å². The maximum absolute atomic E-state index is 12.8. The first-order valence-electron chi connectivity index (χ1n) is 11.4. The first-order chi connectivity index (χ1) is 18.0. The van der Waals surface area contributed by atoms with Crippen molar-refractivity contribution in [1.82, 2.24) is 5.43 Å². The van der Waals surface area contributed by atoms with Gasteiger partial charge in [-0.05, 0) is 57.4 Å². The van der Waals surface area contributed by atoms with Crippen molar-refractivity contribution >= 4 is 44.0 Å². The van der Waals surface area contributed by atoms with Gasteiger partial charge >= 0.3 is 0 Å². The van der Waals surface area contributed by atoms with E-state index in [9.17, 15) is 4.79 Å². The molecule has 8 heteroatoms. The van der Waals surface area contributed by atoms with Crippen molar-refractivity contribution in [2.75, 3.05) is 7.11 Å². The average molecular weight is 624 g/mol. The van der Waals surface area contributed by atoms with Crippen LogP contribution in [0.4, 0.5) is 0 Å². The first kappa shape index (κ1) is 26.4. The van der Waals surface area contributed by atoms with Gasteiger partial charge in [0.15, 0.2) is 11.5 Å². The SMILES string of the molecule is COc1cc(C(=O)N/N=C/c2cc(Br)cc(Br)c2OCc2ccccc2)ccc1OCc1ccccc1. The molecule has 0 aliphatic rings. The van der Waals surface area contributed by atoms with E-state index in [1.165, 1.54) is 7.11 Å². The van der Waals surface area contributed by atoms with Gasteiger partial charge < -0.3 is 14.2 Å². The Morgan fingerprint density at radius 3 is 2.14 bits per heavy atom. The number of methoxy groups -OCH3 is 1. The summed E-state index contributed by atoms with van der Waals surface area (Å²) in [5, 5.41) is 4.15. The van der Waals surface area contributed by atoms with E-state index in [1.54, 1.807) is 24.4 Å². The summed E-state index contributed by atoms with van der Waals surface area (Å²) in [5.41, 5.74) is 5.72. The van der Waals surface area contributed by atoms with Gasteiger partial charge in [-0.3, -0.25) is 4.79 Å². The third-order valence-corrected chi connectivity index (χ3v) is 6.34. The quantitative estimate of drug-likeness (QED) is 0.151. The Balaban J connectivity index is 1.43. The summed E-state index contributed by atoms with van der Waals surface area (Å²) in [4.78, 5) is 12.8. The Kier molecular flexibility index (Phi) is 9.35. The number of carbonyl (C=O) groups excluding carboxylic acids is 1. The van der Waals surface area contributed by atoms with Gasteiger partial charge in [-0.1, -0.05) is 76.6 Å². The lowest BCUT2D eigenvalue weighted by Crippen LogP contribution is -2.17. The van der Waals surface area contributed by atoms with Gasteiger partial charge in [0, 0.05) is 15.6 Å². The van der Waals surface area contributed by atoms with Crippen LogP contribution in [-0.2, 0) is 13.2 Å². The minimum atomic E-state index is -0.384. The third-order valence-electron chi connectivity index (χ3n) is 5.30. The van der Waals surface area contributed by atoms with Crippen molar-refractivity contribution in [1.29, 1.82) is 0 Å². The van der Waals surface area contributed by atoms with E-state index in [1.807, 2.05) is 72.8 Å². The second-order valence-corrected chi connectivity index (χ2v) is 9.69. The lowest BCUT2D eigenvalue weighted by atomic mass is 10.2. The molecule has 0 aliphatic carbocycles. The fraction of sp³-hybridized carbons (Fsp3) is 0.103. The fourth-order valence-electron chi connectivity index (χ4n) is 3.45. The minimum Gasteiger partial charge on any atom is -0.493 e. The van der Waals surface area contributed by atoms with Gasteiger partial charge in [0.05, 0.1) is 17.8 Å². The average Bonchev–Trinajstić information content (AvgIpc) is 2.92. The van der Waals surface area contributed by atoms with E-state index in [0.717, 1.165) is 20.1 Å². The molecule has 0 atom stereocenters. The van der Waals surface area contributed by atoms with E-state index in [-0.39, 0.29) is 5.91 Å². The second-order valence-electron chi connectivity index (χ2n) is 7.92. The van der Waals surface area contributed by atoms with E-state index >= 15 is 0 Å².